The van der Waals surface area contributed by atoms with E-state index in [2.05, 4.69) is 23.5 Å². The first-order chi connectivity index (χ1) is 11.9. The van der Waals surface area contributed by atoms with Gasteiger partial charge in [-0.15, -0.1) is 0 Å². The van der Waals surface area contributed by atoms with E-state index in [1.165, 1.54) is 30.0 Å². The number of fused-ring (bicyclic) bond motifs is 1. The lowest BCUT2D eigenvalue weighted by Crippen LogP contribution is -2.28. The quantitative estimate of drug-likeness (QED) is 0.911. The molecule has 1 unspecified atom stereocenters. The van der Waals surface area contributed by atoms with Gasteiger partial charge in [0.2, 0.25) is 0 Å². The van der Waals surface area contributed by atoms with E-state index in [0.29, 0.717) is 0 Å². The fourth-order valence-corrected chi connectivity index (χ4v) is 4.24. The molecule has 1 aliphatic rings. The van der Waals surface area contributed by atoms with Crippen molar-refractivity contribution < 1.29 is 13.2 Å². The second-order valence-corrected chi connectivity index (χ2v) is 8.68. The molecule has 0 fully saturated rings. The standard InChI is InChI=1S/C20H23NO3S/c1-14(16-12-11-15-7-3-4-8-17(15)13-16)21-20(22)18-9-5-6-10-19(18)25(2,23)24/h5-6,9-14H,3-4,7-8H2,1-2H3,(H,21,22). The van der Waals surface area contributed by atoms with Crippen LogP contribution in [0.25, 0.3) is 0 Å². The Bertz CT molecular complexity index is 903. The predicted molar refractivity (Wildman–Crippen MR) is 98.5 cm³/mol. The molecule has 1 N–H and O–H groups in total. The molecule has 1 aliphatic carbocycles. The van der Waals surface area contributed by atoms with Crippen LogP contribution in [0.1, 0.15) is 52.9 Å². The molecule has 0 saturated heterocycles. The lowest BCUT2D eigenvalue weighted by Gasteiger charge is -2.20. The molecule has 0 aromatic heterocycles. The molecule has 2 aromatic rings. The zero-order chi connectivity index (χ0) is 18.0. The van der Waals surface area contributed by atoms with E-state index >= 15 is 0 Å². The largest absolute Gasteiger partial charge is 0.345 e. The second-order valence-electron chi connectivity index (χ2n) is 6.70. The fourth-order valence-electron chi connectivity index (χ4n) is 3.36. The molecule has 0 heterocycles. The van der Waals surface area contributed by atoms with Crippen LogP contribution in [0.2, 0.25) is 0 Å². The number of hydrogen-bond acceptors (Lipinski definition) is 3. The van der Waals surface area contributed by atoms with E-state index in [4.69, 9.17) is 0 Å². The van der Waals surface area contributed by atoms with Gasteiger partial charge in [0.1, 0.15) is 0 Å². The first-order valence-corrected chi connectivity index (χ1v) is 10.5. The SMILES string of the molecule is CC(NC(=O)c1ccccc1S(C)(=O)=O)c1ccc2c(c1)CCCC2. The highest BCUT2D eigenvalue weighted by Crippen LogP contribution is 2.25. The fraction of sp³-hybridized carbons (Fsp3) is 0.350. The lowest BCUT2D eigenvalue weighted by molar-refractivity contribution is 0.0936. The molecule has 3 rings (SSSR count). The number of nitrogens with one attached hydrogen (secondary N) is 1. The van der Waals surface area contributed by atoms with Gasteiger partial charge < -0.3 is 5.32 Å². The number of hydrogen-bond donors (Lipinski definition) is 1. The van der Waals surface area contributed by atoms with Crippen molar-refractivity contribution in [3.63, 3.8) is 0 Å². The second kappa shape index (κ2) is 7.00. The summed E-state index contributed by atoms with van der Waals surface area (Å²) >= 11 is 0. The molecule has 5 heteroatoms. The molecular weight excluding hydrogens is 334 g/mol. The molecular formula is C20H23NO3S. The van der Waals surface area contributed by atoms with Crippen LogP contribution in [0, 0.1) is 0 Å². The molecule has 4 nitrogen and oxygen atoms in total. The van der Waals surface area contributed by atoms with Gasteiger partial charge >= 0.3 is 0 Å². The highest BCUT2D eigenvalue weighted by molar-refractivity contribution is 7.90. The summed E-state index contributed by atoms with van der Waals surface area (Å²) in [5, 5.41) is 2.93. The summed E-state index contributed by atoms with van der Waals surface area (Å²) in [6.07, 6.45) is 5.77. The Morgan fingerprint density at radius 1 is 1.04 bits per heavy atom. The van der Waals surface area contributed by atoms with Crippen LogP contribution in [0.5, 0.6) is 0 Å². The maximum Gasteiger partial charge on any atom is 0.253 e. The van der Waals surface area contributed by atoms with Gasteiger partial charge in [-0.3, -0.25) is 4.79 Å². The van der Waals surface area contributed by atoms with Gasteiger partial charge in [-0.1, -0.05) is 30.3 Å². The highest BCUT2D eigenvalue weighted by atomic mass is 32.2. The van der Waals surface area contributed by atoms with Gasteiger partial charge in [0.05, 0.1) is 16.5 Å². The number of carbonyl (C=O) groups excluding carboxylic acids is 1. The first kappa shape index (κ1) is 17.7. The van der Waals surface area contributed by atoms with Gasteiger partial charge in [0, 0.05) is 6.26 Å². The van der Waals surface area contributed by atoms with Crippen molar-refractivity contribution in [1.29, 1.82) is 0 Å². The Labute approximate surface area is 149 Å². The molecule has 0 bridgehead atoms. The highest BCUT2D eigenvalue weighted by Gasteiger charge is 2.20. The van der Waals surface area contributed by atoms with E-state index in [-0.39, 0.29) is 22.4 Å². The van der Waals surface area contributed by atoms with Crippen LogP contribution < -0.4 is 5.32 Å². The minimum atomic E-state index is -3.45. The molecule has 1 amide bonds. The molecule has 0 saturated carbocycles. The Hall–Kier alpha value is -2.14. The first-order valence-electron chi connectivity index (χ1n) is 8.58. The van der Waals surface area contributed by atoms with E-state index in [9.17, 15) is 13.2 Å². The molecule has 0 spiro atoms. The number of sulfone groups is 1. The van der Waals surface area contributed by atoms with Crippen molar-refractivity contribution >= 4 is 15.7 Å². The summed E-state index contributed by atoms with van der Waals surface area (Å²) < 4.78 is 23.8. The van der Waals surface area contributed by atoms with Crippen LogP contribution in [-0.4, -0.2) is 20.6 Å². The summed E-state index contributed by atoms with van der Waals surface area (Å²) in [6.45, 7) is 1.92. The zero-order valence-corrected chi connectivity index (χ0v) is 15.4. The van der Waals surface area contributed by atoms with Gasteiger partial charge in [-0.05, 0) is 61.4 Å². The third-order valence-corrected chi connectivity index (χ3v) is 5.91. The van der Waals surface area contributed by atoms with Crippen LogP contribution in [0.15, 0.2) is 47.4 Å². The molecule has 2 aromatic carbocycles. The Morgan fingerprint density at radius 3 is 2.44 bits per heavy atom. The number of amides is 1. The van der Waals surface area contributed by atoms with Crippen LogP contribution in [-0.2, 0) is 22.7 Å². The lowest BCUT2D eigenvalue weighted by atomic mass is 9.89. The van der Waals surface area contributed by atoms with E-state index in [1.54, 1.807) is 18.2 Å². The van der Waals surface area contributed by atoms with Crippen molar-refractivity contribution in [2.75, 3.05) is 6.26 Å². The third kappa shape index (κ3) is 3.93. The van der Waals surface area contributed by atoms with Crippen molar-refractivity contribution in [1.82, 2.24) is 5.32 Å². The molecule has 132 valence electrons. The smallest absolute Gasteiger partial charge is 0.253 e. The summed E-state index contributed by atoms with van der Waals surface area (Å²) in [5.74, 6) is -0.369. The predicted octanol–water partition coefficient (Wildman–Crippen LogP) is 3.46. The summed E-state index contributed by atoms with van der Waals surface area (Å²) in [4.78, 5) is 12.7. The van der Waals surface area contributed by atoms with Crippen molar-refractivity contribution in [2.45, 2.75) is 43.5 Å². The topological polar surface area (TPSA) is 63.2 Å². The molecule has 25 heavy (non-hydrogen) atoms. The number of aryl methyl sites for hydroxylation is 2. The van der Waals surface area contributed by atoms with Crippen molar-refractivity contribution in [3.8, 4) is 0 Å². The number of carbonyl (C=O) groups is 1. The van der Waals surface area contributed by atoms with Gasteiger partial charge in [0.15, 0.2) is 9.84 Å². The molecule has 0 aliphatic heterocycles. The summed E-state index contributed by atoms with van der Waals surface area (Å²) in [5.41, 5.74) is 4.00. The van der Waals surface area contributed by atoms with Crippen molar-refractivity contribution in [2.24, 2.45) is 0 Å². The van der Waals surface area contributed by atoms with Crippen LogP contribution >= 0.6 is 0 Å². The summed E-state index contributed by atoms with van der Waals surface area (Å²) in [7, 11) is -3.45. The number of benzene rings is 2. The maximum atomic E-state index is 12.6. The normalized spacial score (nSPS) is 15.3. The van der Waals surface area contributed by atoms with Crippen LogP contribution in [0.3, 0.4) is 0 Å². The Kier molecular flexibility index (Phi) is 4.95. The number of rotatable bonds is 4. The zero-order valence-electron chi connectivity index (χ0n) is 14.6. The minimum absolute atomic E-state index is 0.0603. The van der Waals surface area contributed by atoms with E-state index < -0.39 is 9.84 Å². The van der Waals surface area contributed by atoms with Gasteiger partial charge in [0.25, 0.3) is 5.91 Å². The van der Waals surface area contributed by atoms with Gasteiger partial charge in [-0.25, -0.2) is 8.42 Å². The van der Waals surface area contributed by atoms with Crippen LogP contribution in [0.4, 0.5) is 0 Å². The average molecular weight is 357 g/mol. The molecule has 0 radical (unpaired) electrons. The third-order valence-electron chi connectivity index (χ3n) is 4.75. The maximum absolute atomic E-state index is 12.6. The molecule has 1 atom stereocenters. The Balaban J connectivity index is 1.82. The monoisotopic (exact) mass is 357 g/mol. The van der Waals surface area contributed by atoms with E-state index in [0.717, 1.165) is 24.7 Å². The summed E-state index contributed by atoms with van der Waals surface area (Å²) in [6, 6.07) is 12.5. The average Bonchev–Trinajstić information content (AvgIpc) is 2.60. The minimum Gasteiger partial charge on any atom is -0.345 e. The van der Waals surface area contributed by atoms with Crippen molar-refractivity contribution in [3.05, 3.63) is 64.7 Å². The Morgan fingerprint density at radius 2 is 1.72 bits per heavy atom. The van der Waals surface area contributed by atoms with Gasteiger partial charge in [-0.2, -0.15) is 0 Å². The van der Waals surface area contributed by atoms with E-state index in [1.807, 2.05) is 6.92 Å².